The Kier molecular flexibility index (Phi) is 8.79. The molecule has 1 aliphatic rings. The number of methoxy groups -OCH3 is 2. The molecule has 3 N–H and O–H groups in total. The Morgan fingerprint density at radius 3 is 2.51 bits per heavy atom. The first-order valence-electron chi connectivity index (χ1n) is 12.7. The average molecular weight is 530 g/mol. The molecule has 2 heterocycles. The number of rotatable bonds is 10. The van der Waals surface area contributed by atoms with Crippen molar-refractivity contribution in [1.82, 2.24) is 19.4 Å². The van der Waals surface area contributed by atoms with E-state index >= 15 is 0 Å². The number of carbonyl (C=O) groups excluding carboxylic acids is 1. The van der Waals surface area contributed by atoms with Gasteiger partial charge in [-0.2, -0.15) is 0 Å². The lowest BCUT2D eigenvalue weighted by molar-refractivity contribution is 0.00593. The van der Waals surface area contributed by atoms with Gasteiger partial charge < -0.3 is 25.4 Å². The molecule has 200 valence electrons. The number of nitrogens with zero attached hydrogens (tertiary/aromatic N) is 3. The molecule has 37 heavy (non-hydrogen) atoms. The number of ether oxygens (including phenoxy) is 2. The molecule has 0 bridgehead atoms. The van der Waals surface area contributed by atoms with E-state index in [-0.39, 0.29) is 23.7 Å². The van der Waals surface area contributed by atoms with Gasteiger partial charge in [-0.3, -0.25) is 13.9 Å². The third kappa shape index (κ3) is 5.79. The maximum atomic E-state index is 13.0. The van der Waals surface area contributed by atoms with Crippen molar-refractivity contribution in [2.24, 2.45) is 0 Å². The zero-order valence-electron chi connectivity index (χ0n) is 21.7. The molecule has 0 spiro atoms. The number of aryl methyl sites for hydroxylation is 2. The van der Waals surface area contributed by atoms with Crippen molar-refractivity contribution in [1.29, 1.82) is 0 Å². The molecule has 3 aromatic rings. The second kappa shape index (κ2) is 12.0. The molecule has 1 saturated heterocycles. The van der Waals surface area contributed by atoms with E-state index in [0.29, 0.717) is 35.1 Å². The van der Waals surface area contributed by atoms with E-state index < -0.39 is 0 Å². The number of anilines is 1. The van der Waals surface area contributed by atoms with Gasteiger partial charge in [0.05, 0.1) is 46.6 Å². The number of nitrogens with two attached hydrogens (primary N) is 1. The Balaban J connectivity index is 1.31. The molecule has 1 fully saturated rings. The van der Waals surface area contributed by atoms with E-state index in [4.69, 9.17) is 26.8 Å². The molecule has 0 radical (unpaired) electrons. The number of carbonyl (C=O) groups is 1. The topological polar surface area (TPSA) is 104 Å². The molecule has 10 heteroatoms. The highest BCUT2D eigenvalue weighted by Crippen LogP contribution is 2.29. The maximum absolute atomic E-state index is 13.0. The molecule has 2 unspecified atom stereocenters. The molecule has 1 aliphatic heterocycles. The monoisotopic (exact) mass is 529 g/mol. The van der Waals surface area contributed by atoms with Crippen LogP contribution >= 0.6 is 11.6 Å². The van der Waals surface area contributed by atoms with Crippen LogP contribution in [0.5, 0.6) is 5.75 Å². The van der Waals surface area contributed by atoms with Crippen molar-refractivity contribution in [3.05, 3.63) is 57.5 Å². The van der Waals surface area contributed by atoms with Gasteiger partial charge in [-0.15, -0.1) is 0 Å². The predicted octanol–water partition coefficient (Wildman–Crippen LogP) is 3.37. The minimum atomic E-state index is -0.268. The number of nitrogen functional groups attached to an aromatic ring is 1. The third-order valence-corrected chi connectivity index (χ3v) is 7.50. The first kappa shape index (κ1) is 27.0. The number of para-hydroxylation sites is 2. The standard InChI is InChI=1S/C27H36ClN5O4/c1-4-32-22-9-5-6-10-23(22)33(27(32)35)13-8-7-12-31-14-11-21(25(17-31)37-3)30-26(34)18-15-19(28)20(29)16-24(18)36-2/h5-6,9-10,15-16,21,25H,4,7-8,11-14,17,29H2,1-3H3,(H,30,34). The zero-order valence-corrected chi connectivity index (χ0v) is 22.5. The van der Waals surface area contributed by atoms with Gasteiger partial charge in [-0.1, -0.05) is 23.7 Å². The number of unbranched alkanes of at least 4 members (excludes halogenated alkanes) is 1. The van der Waals surface area contributed by atoms with Gasteiger partial charge in [-0.25, -0.2) is 4.79 Å². The smallest absolute Gasteiger partial charge is 0.329 e. The van der Waals surface area contributed by atoms with E-state index in [1.54, 1.807) is 13.2 Å². The van der Waals surface area contributed by atoms with Gasteiger partial charge in [0.2, 0.25) is 0 Å². The lowest BCUT2D eigenvalue weighted by Gasteiger charge is -2.38. The van der Waals surface area contributed by atoms with Crippen LogP contribution in [0, 0.1) is 0 Å². The minimum absolute atomic E-state index is 0.0544. The Labute approximate surface area is 222 Å². The lowest BCUT2D eigenvalue weighted by Crippen LogP contribution is -2.54. The first-order chi connectivity index (χ1) is 17.9. The Morgan fingerprint density at radius 1 is 1.14 bits per heavy atom. The molecule has 2 aromatic carbocycles. The summed E-state index contributed by atoms with van der Waals surface area (Å²) >= 11 is 6.14. The normalized spacial score (nSPS) is 18.3. The van der Waals surface area contributed by atoms with Crippen LogP contribution in [0.1, 0.15) is 36.5 Å². The summed E-state index contributed by atoms with van der Waals surface area (Å²) in [6, 6.07) is 10.9. The lowest BCUT2D eigenvalue weighted by atomic mass is 10.0. The number of benzene rings is 2. The van der Waals surface area contributed by atoms with E-state index in [1.165, 1.54) is 13.2 Å². The van der Waals surface area contributed by atoms with Crippen molar-refractivity contribution >= 4 is 34.2 Å². The minimum Gasteiger partial charge on any atom is -0.496 e. The van der Waals surface area contributed by atoms with Crippen LogP contribution in [0.3, 0.4) is 0 Å². The molecule has 0 aliphatic carbocycles. The van der Waals surface area contributed by atoms with E-state index in [2.05, 4.69) is 10.2 Å². The van der Waals surface area contributed by atoms with Crippen LogP contribution in [0.4, 0.5) is 5.69 Å². The molecule has 4 rings (SSSR count). The summed E-state index contributed by atoms with van der Waals surface area (Å²) < 4.78 is 14.8. The summed E-state index contributed by atoms with van der Waals surface area (Å²) in [5.41, 5.74) is 8.58. The van der Waals surface area contributed by atoms with Gasteiger partial charge in [0.15, 0.2) is 0 Å². The van der Waals surface area contributed by atoms with Crippen LogP contribution in [-0.4, -0.2) is 65.9 Å². The van der Waals surface area contributed by atoms with Gasteiger partial charge in [0.25, 0.3) is 5.91 Å². The number of aromatic nitrogens is 2. The number of likely N-dealkylation sites (tertiary alicyclic amines) is 1. The van der Waals surface area contributed by atoms with E-state index in [0.717, 1.165) is 49.9 Å². The summed E-state index contributed by atoms with van der Waals surface area (Å²) in [6.45, 7) is 5.82. The number of amides is 1. The average Bonchev–Trinajstić information content (AvgIpc) is 3.18. The Bertz CT molecular complexity index is 1300. The van der Waals surface area contributed by atoms with Crippen LogP contribution < -0.4 is 21.5 Å². The van der Waals surface area contributed by atoms with Crippen LogP contribution in [0.15, 0.2) is 41.2 Å². The zero-order chi connectivity index (χ0) is 26.5. The molecule has 1 aromatic heterocycles. The summed E-state index contributed by atoms with van der Waals surface area (Å²) in [5, 5.41) is 3.40. The first-order valence-corrected chi connectivity index (χ1v) is 13.1. The fourth-order valence-corrected chi connectivity index (χ4v) is 5.31. The van der Waals surface area contributed by atoms with E-state index in [1.807, 2.05) is 40.3 Å². The fraction of sp³-hybridized carbons (Fsp3) is 0.481. The number of nitrogens with one attached hydrogen (secondary N) is 1. The highest BCUT2D eigenvalue weighted by atomic mass is 35.5. The fourth-order valence-electron chi connectivity index (χ4n) is 5.15. The maximum Gasteiger partial charge on any atom is 0.329 e. The number of piperidine rings is 1. The van der Waals surface area contributed by atoms with Gasteiger partial charge in [0, 0.05) is 39.4 Å². The van der Waals surface area contributed by atoms with E-state index in [9.17, 15) is 9.59 Å². The molecular weight excluding hydrogens is 494 g/mol. The van der Waals surface area contributed by atoms with Crippen molar-refractivity contribution in [3.8, 4) is 5.75 Å². The number of hydrogen-bond donors (Lipinski definition) is 2. The third-order valence-electron chi connectivity index (χ3n) is 7.17. The number of halogens is 1. The van der Waals surface area contributed by atoms with Crippen LogP contribution in [0.2, 0.25) is 5.02 Å². The highest BCUT2D eigenvalue weighted by Gasteiger charge is 2.31. The van der Waals surface area contributed by atoms with Gasteiger partial charge in [-0.05, 0) is 50.9 Å². The summed E-state index contributed by atoms with van der Waals surface area (Å²) in [7, 11) is 3.16. The Hall–Kier alpha value is -3.01. The quantitative estimate of drug-likeness (QED) is 0.308. The predicted molar refractivity (Wildman–Crippen MR) is 147 cm³/mol. The van der Waals surface area contributed by atoms with Crippen molar-refractivity contribution in [3.63, 3.8) is 0 Å². The van der Waals surface area contributed by atoms with Gasteiger partial charge >= 0.3 is 5.69 Å². The molecule has 0 saturated carbocycles. The number of hydrogen-bond acceptors (Lipinski definition) is 6. The van der Waals surface area contributed by atoms with Gasteiger partial charge in [0.1, 0.15) is 5.75 Å². The highest BCUT2D eigenvalue weighted by molar-refractivity contribution is 6.33. The molecular formula is C27H36ClN5O4. The SMILES string of the molecule is CCn1c(=O)n(CCCCN2CCC(NC(=O)c3cc(Cl)c(N)cc3OC)C(OC)C2)c2ccccc21. The van der Waals surface area contributed by atoms with Crippen LogP contribution in [0.25, 0.3) is 11.0 Å². The summed E-state index contributed by atoms with van der Waals surface area (Å²) in [4.78, 5) is 28.2. The summed E-state index contributed by atoms with van der Waals surface area (Å²) in [6.07, 6.45) is 2.49. The Morgan fingerprint density at radius 2 is 1.84 bits per heavy atom. The summed E-state index contributed by atoms with van der Waals surface area (Å²) in [5.74, 6) is 0.114. The molecule has 9 nitrogen and oxygen atoms in total. The van der Waals surface area contributed by atoms with Crippen LogP contribution in [-0.2, 0) is 17.8 Å². The second-order valence-corrected chi connectivity index (χ2v) is 9.80. The molecule has 2 atom stereocenters. The number of fused-ring (bicyclic) bond motifs is 1. The molecule has 1 amide bonds. The van der Waals surface area contributed by atoms with Crippen molar-refractivity contribution in [2.45, 2.75) is 51.4 Å². The van der Waals surface area contributed by atoms with Crippen molar-refractivity contribution < 1.29 is 14.3 Å². The second-order valence-electron chi connectivity index (χ2n) is 9.39. The van der Waals surface area contributed by atoms with Crippen molar-refractivity contribution in [2.75, 3.05) is 39.6 Å². The largest absolute Gasteiger partial charge is 0.496 e. The number of imidazole rings is 1.